The quantitative estimate of drug-likeness (QED) is 0.465. The van der Waals surface area contributed by atoms with Crippen molar-refractivity contribution in [3.05, 3.63) is 57.8 Å². The first-order valence-electron chi connectivity index (χ1n) is 10.4. The number of amides is 1. The summed E-state index contributed by atoms with van der Waals surface area (Å²) in [4.78, 5) is 29.9. The Kier molecular flexibility index (Phi) is 7.07. The minimum Gasteiger partial charge on any atom is -0.465 e. The zero-order chi connectivity index (χ0) is 22.6. The first-order chi connectivity index (χ1) is 14.7. The number of aromatic nitrogens is 3. The van der Waals surface area contributed by atoms with Gasteiger partial charge in [0.15, 0.2) is 4.83 Å². The molecular formula is C22H29N5O3S. The fraction of sp³-hybridized carbons (Fsp3) is 0.455. The van der Waals surface area contributed by atoms with E-state index in [1.807, 2.05) is 58.0 Å². The van der Waals surface area contributed by atoms with E-state index in [4.69, 9.17) is 10.1 Å². The number of rotatable bonds is 9. The first kappa shape index (κ1) is 22.9. The molecule has 3 rings (SSSR count). The van der Waals surface area contributed by atoms with E-state index in [2.05, 4.69) is 15.0 Å². The van der Waals surface area contributed by atoms with Crippen LogP contribution in [0.25, 0.3) is 10.2 Å². The third-order valence-corrected chi connectivity index (χ3v) is 6.12. The summed E-state index contributed by atoms with van der Waals surface area (Å²) in [7, 11) is 0. The summed E-state index contributed by atoms with van der Waals surface area (Å²) in [5.41, 5.74) is 1.08. The second kappa shape index (κ2) is 9.57. The lowest BCUT2D eigenvalue weighted by Crippen LogP contribution is -2.45. The Morgan fingerprint density at radius 1 is 1.29 bits per heavy atom. The van der Waals surface area contributed by atoms with Crippen molar-refractivity contribution in [3.8, 4) is 0 Å². The van der Waals surface area contributed by atoms with Gasteiger partial charge in [-0.2, -0.15) is 4.37 Å². The lowest BCUT2D eigenvalue weighted by molar-refractivity contribution is 0.180. The van der Waals surface area contributed by atoms with Gasteiger partial charge in [-0.1, -0.05) is 37.3 Å². The number of nitrogens with zero attached hydrogens (tertiary/aromatic N) is 3. The van der Waals surface area contributed by atoms with Crippen LogP contribution < -0.4 is 16.2 Å². The van der Waals surface area contributed by atoms with E-state index in [0.717, 1.165) is 12.0 Å². The van der Waals surface area contributed by atoms with Crippen LogP contribution in [0.5, 0.6) is 0 Å². The van der Waals surface area contributed by atoms with E-state index in [-0.39, 0.29) is 11.6 Å². The van der Waals surface area contributed by atoms with Crippen LogP contribution in [0.1, 0.15) is 56.7 Å². The smallest absolute Gasteiger partial charge is 0.405 e. The van der Waals surface area contributed by atoms with Crippen molar-refractivity contribution in [1.29, 1.82) is 0 Å². The Balaban J connectivity index is 1.93. The van der Waals surface area contributed by atoms with E-state index >= 15 is 0 Å². The molecule has 0 aliphatic heterocycles. The van der Waals surface area contributed by atoms with Gasteiger partial charge < -0.3 is 15.7 Å². The van der Waals surface area contributed by atoms with Gasteiger partial charge in [-0.05, 0) is 57.3 Å². The van der Waals surface area contributed by atoms with Gasteiger partial charge in [0.2, 0.25) is 0 Å². The van der Waals surface area contributed by atoms with Crippen LogP contribution in [0.2, 0.25) is 0 Å². The minimum atomic E-state index is -1.04. The molecule has 0 bridgehead atoms. The maximum Gasteiger partial charge on any atom is 0.405 e. The van der Waals surface area contributed by atoms with Crippen molar-refractivity contribution in [2.75, 3.05) is 6.54 Å². The Morgan fingerprint density at radius 2 is 2.00 bits per heavy atom. The first-order valence-corrected chi connectivity index (χ1v) is 11.1. The number of nitrogens with one attached hydrogen (secondary N) is 2. The van der Waals surface area contributed by atoms with Crippen LogP contribution in [0.3, 0.4) is 0 Å². The summed E-state index contributed by atoms with van der Waals surface area (Å²) >= 11 is 1.24. The molecule has 1 unspecified atom stereocenters. The highest BCUT2D eigenvalue weighted by atomic mass is 32.1. The van der Waals surface area contributed by atoms with Gasteiger partial charge in [0.1, 0.15) is 5.82 Å². The third-order valence-electron chi connectivity index (χ3n) is 5.29. The molecule has 8 nitrogen and oxygen atoms in total. The molecule has 166 valence electrons. The number of aryl methyl sites for hydroxylation is 1. The fourth-order valence-corrected chi connectivity index (χ4v) is 4.37. The molecule has 1 amide bonds. The third kappa shape index (κ3) is 5.48. The van der Waals surface area contributed by atoms with E-state index in [1.54, 1.807) is 4.57 Å². The van der Waals surface area contributed by atoms with Crippen molar-refractivity contribution in [2.24, 2.45) is 0 Å². The zero-order valence-electron chi connectivity index (χ0n) is 18.3. The Labute approximate surface area is 185 Å². The molecule has 0 radical (unpaired) electrons. The maximum absolute atomic E-state index is 13.4. The largest absolute Gasteiger partial charge is 0.465 e. The molecule has 0 saturated carbocycles. The fourth-order valence-electron chi connectivity index (χ4n) is 3.60. The average molecular weight is 444 g/mol. The number of benzene rings is 1. The zero-order valence-corrected chi connectivity index (χ0v) is 19.1. The van der Waals surface area contributed by atoms with Gasteiger partial charge >= 0.3 is 6.09 Å². The summed E-state index contributed by atoms with van der Waals surface area (Å²) in [6.07, 6.45) is 0.291. The highest BCUT2D eigenvalue weighted by molar-refractivity contribution is 7.12. The van der Waals surface area contributed by atoms with E-state index < -0.39 is 11.6 Å². The van der Waals surface area contributed by atoms with Gasteiger partial charge in [-0.3, -0.25) is 9.36 Å². The molecule has 0 aliphatic rings. The number of fused-ring (bicyclic) bond motifs is 1. The molecule has 2 heterocycles. The van der Waals surface area contributed by atoms with E-state index in [0.29, 0.717) is 41.2 Å². The number of carboxylic acid groups (broad SMARTS) is 1. The van der Waals surface area contributed by atoms with Crippen molar-refractivity contribution < 1.29 is 9.90 Å². The van der Waals surface area contributed by atoms with Gasteiger partial charge in [0.05, 0.1) is 23.7 Å². The predicted octanol–water partition coefficient (Wildman–Crippen LogP) is 3.69. The molecular weight excluding hydrogens is 414 g/mol. The highest BCUT2D eigenvalue weighted by Gasteiger charge is 2.23. The van der Waals surface area contributed by atoms with Crippen LogP contribution >= 0.6 is 11.5 Å². The molecule has 0 fully saturated rings. The predicted molar refractivity (Wildman–Crippen MR) is 123 cm³/mol. The van der Waals surface area contributed by atoms with Gasteiger partial charge in [0.25, 0.3) is 5.56 Å². The number of carbonyl (C=O) groups is 1. The molecule has 2 aromatic heterocycles. The topological polar surface area (TPSA) is 109 Å². The van der Waals surface area contributed by atoms with Crippen LogP contribution in [0, 0.1) is 6.92 Å². The second-order valence-electron chi connectivity index (χ2n) is 8.27. The molecule has 3 aromatic rings. The standard InChI is InChI=1S/C22H29N5O3S/c1-5-16(23-12-11-22(3,4)25-21(29)30)18-24-19-17(14(2)26-31-19)20(28)27(18)13-15-9-7-6-8-10-15/h6-10,16,23,25H,5,11-13H2,1-4H3,(H,29,30). The van der Waals surface area contributed by atoms with Gasteiger partial charge in [0, 0.05) is 5.54 Å². The number of hydrogen-bond donors (Lipinski definition) is 3. The van der Waals surface area contributed by atoms with Crippen molar-refractivity contribution in [3.63, 3.8) is 0 Å². The molecule has 3 N–H and O–H groups in total. The molecule has 0 aliphatic carbocycles. The number of hydrogen-bond acceptors (Lipinski definition) is 6. The summed E-state index contributed by atoms with van der Waals surface area (Å²) in [5, 5.41) is 15.6. The van der Waals surface area contributed by atoms with Crippen LogP contribution in [-0.2, 0) is 6.54 Å². The van der Waals surface area contributed by atoms with Crippen LogP contribution in [0.4, 0.5) is 4.79 Å². The Morgan fingerprint density at radius 3 is 2.65 bits per heavy atom. The van der Waals surface area contributed by atoms with Gasteiger partial charge in [-0.25, -0.2) is 9.78 Å². The Hall–Kier alpha value is -2.78. The molecule has 0 saturated heterocycles. The lowest BCUT2D eigenvalue weighted by atomic mass is 10.0. The maximum atomic E-state index is 13.4. The molecule has 9 heteroatoms. The van der Waals surface area contributed by atoms with E-state index in [1.165, 1.54) is 11.5 Å². The van der Waals surface area contributed by atoms with Crippen LogP contribution in [-0.4, -0.2) is 37.2 Å². The van der Waals surface area contributed by atoms with Crippen molar-refractivity contribution >= 4 is 27.8 Å². The SMILES string of the molecule is CCC(NCCC(C)(C)NC(=O)O)c1nc2snc(C)c2c(=O)n1Cc1ccccc1. The summed E-state index contributed by atoms with van der Waals surface area (Å²) < 4.78 is 6.07. The molecule has 31 heavy (non-hydrogen) atoms. The monoisotopic (exact) mass is 443 g/mol. The van der Waals surface area contributed by atoms with E-state index in [9.17, 15) is 9.59 Å². The highest BCUT2D eigenvalue weighted by Crippen LogP contribution is 2.22. The normalized spacial score (nSPS) is 12.8. The Bertz CT molecular complexity index is 1110. The summed E-state index contributed by atoms with van der Waals surface area (Å²) in [5.74, 6) is 0.677. The molecule has 0 spiro atoms. The van der Waals surface area contributed by atoms with Crippen molar-refractivity contribution in [2.45, 2.75) is 58.7 Å². The lowest BCUT2D eigenvalue weighted by Gasteiger charge is -2.27. The van der Waals surface area contributed by atoms with Crippen LogP contribution in [0.15, 0.2) is 35.1 Å². The van der Waals surface area contributed by atoms with Crippen molar-refractivity contribution in [1.82, 2.24) is 24.6 Å². The second-order valence-corrected chi connectivity index (χ2v) is 9.03. The average Bonchev–Trinajstić information content (AvgIpc) is 3.08. The molecule has 1 atom stereocenters. The minimum absolute atomic E-state index is 0.0803. The summed E-state index contributed by atoms with van der Waals surface area (Å²) in [6.45, 7) is 8.57. The molecule has 1 aromatic carbocycles. The summed E-state index contributed by atoms with van der Waals surface area (Å²) in [6, 6.07) is 9.70. The van der Waals surface area contributed by atoms with Gasteiger partial charge in [-0.15, -0.1) is 0 Å².